The summed E-state index contributed by atoms with van der Waals surface area (Å²) in [5.41, 5.74) is 1.75. The van der Waals surface area contributed by atoms with Crippen molar-refractivity contribution in [1.82, 2.24) is 0 Å². The fraction of sp³-hybridized carbons (Fsp3) is 0.308. The minimum absolute atomic E-state index is 0.119. The van der Waals surface area contributed by atoms with Crippen molar-refractivity contribution in [3.63, 3.8) is 0 Å². The minimum atomic E-state index is -4.05. The number of hydrogen-bond acceptors (Lipinski definition) is 4. The highest BCUT2D eigenvalue weighted by molar-refractivity contribution is 7.49. The predicted molar refractivity (Wildman–Crippen MR) is 126 cm³/mol. The second kappa shape index (κ2) is 8.80. The second-order valence-electron chi connectivity index (χ2n) is 9.53. The van der Waals surface area contributed by atoms with E-state index in [1.807, 2.05) is 48.5 Å². The van der Waals surface area contributed by atoms with Crippen LogP contribution in [0.1, 0.15) is 52.7 Å². The molecule has 31 heavy (non-hydrogen) atoms. The van der Waals surface area contributed by atoms with Gasteiger partial charge in [0, 0.05) is 5.56 Å². The Labute approximate surface area is 185 Å². The van der Waals surface area contributed by atoms with Crippen LogP contribution in [0, 0.1) is 0 Å². The highest BCUT2D eigenvalue weighted by Crippen LogP contribution is 2.52. The van der Waals surface area contributed by atoms with E-state index in [0.717, 1.165) is 11.1 Å². The zero-order valence-corrected chi connectivity index (χ0v) is 20.0. The predicted octanol–water partition coefficient (Wildman–Crippen LogP) is 7.93. The monoisotopic (exact) mass is 438 g/mol. The van der Waals surface area contributed by atoms with E-state index in [1.165, 1.54) is 0 Å². The molecule has 3 aromatic carbocycles. The summed E-state index contributed by atoms with van der Waals surface area (Å²) < 4.78 is 31.6. The van der Waals surface area contributed by atoms with E-state index in [9.17, 15) is 4.57 Å². The summed E-state index contributed by atoms with van der Waals surface area (Å²) in [5, 5.41) is 0. The summed E-state index contributed by atoms with van der Waals surface area (Å²) >= 11 is 0. The van der Waals surface area contributed by atoms with Crippen molar-refractivity contribution in [3.8, 4) is 17.2 Å². The number of phosphoric acid groups is 1. The number of phosphoric ester groups is 1. The lowest BCUT2D eigenvalue weighted by Crippen LogP contribution is -2.23. The average molecular weight is 439 g/mol. The molecular weight excluding hydrogens is 407 g/mol. The van der Waals surface area contributed by atoms with Gasteiger partial charge in [-0.1, -0.05) is 90.1 Å². The van der Waals surface area contributed by atoms with E-state index in [4.69, 9.17) is 13.6 Å². The van der Waals surface area contributed by atoms with Crippen LogP contribution in [0.15, 0.2) is 78.9 Å². The lowest BCUT2D eigenvalue weighted by atomic mass is 9.75. The number of benzene rings is 3. The highest BCUT2D eigenvalue weighted by Gasteiger charge is 2.37. The maximum atomic E-state index is 13.9. The van der Waals surface area contributed by atoms with Gasteiger partial charge < -0.3 is 13.6 Å². The first-order chi connectivity index (χ1) is 14.5. The molecule has 0 N–H and O–H groups in total. The fourth-order valence-corrected chi connectivity index (χ4v) is 4.67. The van der Waals surface area contributed by atoms with E-state index in [2.05, 4.69) is 47.6 Å². The average Bonchev–Trinajstić information content (AvgIpc) is 2.67. The Balaban J connectivity index is 2.08. The van der Waals surface area contributed by atoms with Gasteiger partial charge in [0.2, 0.25) is 0 Å². The first-order valence-corrected chi connectivity index (χ1v) is 11.9. The Morgan fingerprint density at radius 2 is 1.06 bits per heavy atom. The van der Waals surface area contributed by atoms with Gasteiger partial charge >= 0.3 is 7.82 Å². The van der Waals surface area contributed by atoms with Crippen LogP contribution in [0.5, 0.6) is 17.2 Å². The van der Waals surface area contributed by atoms with Crippen molar-refractivity contribution in [2.45, 2.75) is 52.4 Å². The molecule has 0 aromatic heterocycles. The molecule has 0 bridgehead atoms. The molecule has 4 nitrogen and oxygen atoms in total. The molecule has 0 fully saturated rings. The highest BCUT2D eigenvalue weighted by atomic mass is 31.2. The van der Waals surface area contributed by atoms with Gasteiger partial charge in [-0.15, -0.1) is 0 Å². The van der Waals surface area contributed by atoms with Crippen LogP contribution in [0.25, 0.3) is 0 Å². The molecule has 0 aliphatic carbocycles. The van der Waals surface area contributed by atoms with E-state index < -0.39 is 7.82 Å². The van der Waals surface area contributed by atoms with Crippen LogP contribution in [0.4, 0.5) is 0 Å². The Bertz CT molecular complexity index is 1000. The fourth-order valence-electron chi connectivity index (χ4n) is 3.40. The molecule has 164 valence electrons. The van der Waals surface area contributed by atoms with Crippen molar-refractivity contribution in [2.24, 2.45) is 0 Å². The normalized spacial score (nSPS) is 12.3. The first kappa shape index (κ1) is 23.0. The first-order valence-electron chi connectivity index (χ1n) is 10.4. The van der Waals surface area contributed by atoms with Crippen molar-refractivity contribution in [2.75, 3.05) is 0 Å². The molecule has 5 heteroatoms. The van der Waals surface area contributed by atoms with Crippen molar-refractivity contribution in [1.29, 1.82) is 0 Å². The summed E-state index contributed by atoms with van der Waals surface area (Å²) in [6.45, 7) is 12.8. The summed E-state index contributed by atoms with van der Waals surface area (Å²) in [6, 6.07) is 23.7. The van der Waals surface area contributed by atoms with Crippen LogP contribution < -0.4 is 13.6 Å². The van der Waals surface area contributed by atoms with Gasteiger partial charge in [0.1, 0.15) is 17.2 Å². The standard InChI is InChI=1S/C26H31O4P/c1-25(2,3)22-18-13-19-23(24(22)26(4,5)6)30-31(27,28-20-14-9-7-10-15-20)29-21-16-11-8-12-17-21/h7-19H,1-6H3. The van der Waals surface area contributed by atoms with Gasteiger partial charge in [0.25, 0.3) is 0 Å². The number of para-hydroxylation sites is 2. The Morgan fingerprint density at radius 1 is 0.581 bits per heavy atom. The number of hydrogen-bond donors (Lipinski definition) is 0. The van der Waals surface area contributed by atoms with Gasteiger partial charge in [-0.3, -0.25) is 0 Å². The maximum absolute atomic E-state index is 13.9. The number of rotatable bonds is 6. The maximum Gasteiger partial charge on any atom is 0.647 e. The molecule has 0 amide bonds. The van der Waals surface area contributed by atoms with Gasteiger partial charge in [-0.2, -0.15) is 4.57 Å². The smallest absolute Gasteiger partial charge is 0.386 e. The molecule has 3 aromatic rings. The third-order valence-corrected chi connectivity index (χ3v) is 6.00. The van der Waals surface area contributed by atoms with E-state index >= 15 is 0 Å². The van der Waals surface area contributed by atoms with Gasteiger partial charge in [0.05, 0.1) is 0 Å². The summed E-state index contributed by atoms with van der Waals surface area (Å²) in [4.78, 5) is 0. The molecule has 0 radical (unpaired) electrons. The second-order valence-corrected chi connectivity index (χ2v) is 11.0. The third kappa shape index (κ3) is 5.92. The zero-order chi connectivity index (χ0) is 22.7. The van der Waals surface area contributed by atoms with Crippen molar-refractivity contribution < 1.29 is 18.1 Å². The molecule has 0 aliphatic heterocycles. The van der Waals surface area contributed by atoms with Crippen LogP contribution in [0.2, 0.25) is 0 Å². The van der Waals surface area contributed by atoms with Crippen LogP contribution in [-0.2, 0) is 15.4 Å². The van der Waals surface area contributed by atoms with Crippen molar-refractivity contribution in [3.05, 3.63) is 90.0 Å². The minimum Gasteiger partial charge on any atom is -0.386 e. The van der Waals surface area contributed by atoms with E-state index in [1.54, 1.807) is 24.3 Å². The van der Waals surface area contributed by atoms with Gasteiger partial charge in [-0.25, -0.2) is 0 Å². The molecule has 0 heterocycles. The topological polar surface area (TPSA) is 44.8 Å². The summed E-state index contributed by atoms with van der Waals surface area (Å²) in [6.07, 6.45) is 0. The lowest BCUT2D eigenvalue weighted by Gasteiger charge is -2.32. The molecule has 3 rings (SSSR count). The SMILES string of the molecule is CC(C)(C)c1cccc(OP(=O)(Oc2ccccc2)Oc2ccccc2)c1C(C)(C)C. The Kier molecular flexibility index (Phi) is 6.52. The molecule has 0 aliphatic rings. The zero-order valence-electron chi connectivity index (χ0n) is 19.1. The quantitative estimate of drug-likeness (QED) is 0.367. The Hall–Kier alpha value is -2.71. The van der Waals surface area contributed by atoms with Crippen LogP contribution in [0.3, 0.4) is 0 Å². The van der Waals surface area contributed by atoms with E-state index in [-0.39, 0.29) is 10.8 Å². The molecular formula is C26H31O4P. The van der Waals surface area contributed by atoms with Gasteiger partial charge in [0.15, 0.2) is 0 Å². The molecule has 0 saturated carbocycles. The van der Waals surface area contributed by atoms with E-state index in [0.29, 0.717) is 17.2 Å². The van der Waals surface area contributed by atoms with Crippen LogP contribution in [-0.4, -0.2) is 0 Å². The summed E-state index contributed by atoms with van der Waals surface area (Å²) in [7, 11) is -4.05. The summed E-state index contributed by atoms with van der Waals surface area (Å²) in [5.74, 6) is 1.31. The van der Waals surface area contributed by atoms with Crippen LogP contribution >= 0.6 is 7.82 Å². The lowest BCUT2D eigenvalue weighted by molar-refractivity contribution is 0.295. The Morgan fingerprint density at radius 3 is 1.48 bits per heavy atom. The molecule has 0 spiro atoms. The molecule has 0 unspecified atom stereocenters. The molecule has 0 saturated heterocycles. The largest absolute Gasteiger partial charge is 0.647 e. The third-order valence-electron chi connectivity index (χ3n) is 4.72. The van der Waals surface area contributed by atoms with Gasteiger partial charge in [-0.05, 0) is 46.7 Å². The molecule has 0 atom stereocenters. The van der Waals surface area contributed by atoms with Crippen molar-refractivity contribution >= 4 is 7.82 Å².